The Morgan fingerprint density at radius 2 is 2.20 bits per heavy atom. The lowest BCUT2D eigenvalue weighted by molar-refractivity contribution is 0.0438. The first-order valence-corrected chi connectivity index (χ1v) is 7.09. The van der Waals surface area contributed by atoms with Crippen LogP contribution in [0, 0.1) is 6.92 Å². The van der Waals surface area contributed by atoms with E-state index in [2.05, 4.69) is 10.3 Å². The number of hydrogen-bond donors (Lipinski definition) is 2. The number of carbonyl (C=O) groups is 1. The fraction of sp³-hybridized carbons (Fsp3) is 0.600. The molecule has 0 radical (unpaired) electrons. The van der Waals surface area contributed by atoms with Gasteiger partial charge in [0.15, 0.2) is 0 Å². The van der Waals surface area contributed by atoms with Crippen molar-refractivity contribution in [2.24, 2.45) is 0 Å². The highest BCUT2D eigenvalue weighted by Crippen LogP contribution is 2.24. The summed E-state index contributed by atoms with van der Waals surface area (Å²) in [7, 11) is 1.80. The molecule has 5 heteroatoms. The van der Waals surface area contributed by atoms with Crippen molar-refractivity contribution in [2.75, 3.05) is 25.5 Å². The minimum absolute atomic E-state index is 0.0143. The molecule has 0 bridgehead atoms. The summed E-state index contributed by atoms with van der Waals surface area (Å²) in [6.07, 6.45) is 3.81. The Bertz CT molecular complexity index is 500. The summed E-state index contributed by atoms with van der Waals surface area (Å²) in [5.74, 6) is -0.0143. The predicted octanol–water partition coefficient (Wildman–Crippen LogP) is 1.81. The maximum atomic E-state index is 12.6. The fourth-order valence-electron chi connectivity index (χ4n) is 2.57. The molecule has 1 atom stereocenters. The Balaban J connectivity index is 2.19. The van der Waals surface area contributed by atoms with E-state index in [0.717, 1.165) is 24.2 Å². The van der Waals surface area contributed by atoms with Crippen molar-refractivity contribution in [3.63, 3.8) is 0 Å². The van der Waals surface area contributed by atoms with E-state index in [1.807, 2.05) is 24.8 Å². The highest BCUT2D eigenvalue weighted by molar-refractivity contribution is 5.99. The molecule has 0 aromatic carbocycles. The van der Waals surface area contributed by atoms with E-state index in [0.29, 0.717) is 25.1 Å². The number of hydrogen-bond acceptors (Lipinski definition) is 4. The summed E-state index contributed by atoms with van der Waals surface area (Å²) in [5.41, 5.74) is 1.62. The second-order valence-electron chi connectivity index (χ2n) is 5.76. The van der Waals surface area contributed by atoms with Crippen molar-refractivity contribution in [1.29, 1.82) is 0 Å². The van der Waals surface area contributed by atoms with Crippen LogP contribution in [-0.4, -0.2) is 46.6 Å². The summed E-state index contributed by atoms with van der Waals surface area (Å²) in [6.45, 7) is 5.01. The van der Waals surface area contributed by atoms with E-state index in [4.69, 9.17) is 0 Å². The zero-order chi connectivity index (χ0) is 14.8. The summed E-state index contributed by atoms with van der Waals surface area (Å²) in [5, 5.41) is 13.2. The number of aliphatic hydroxyl groups is 1. The Kier molecular flexibility index (Phi) is 4.28. The molecule has 2 N–H and O–H groups in total. The third-order valence-electron chi connectivity index (χ3n) is 3.89. The Hall–Kier alpha value is -1.62. The molecule has 1 aromatic heterocycles. The Labute approximate surface area is 120 Å². The topological polar surface area (TPSA) is 65.5 Å². The smallest absolute Gasteiger partial charge is 0.257 e. The van der Waals surface area contributed by atoms with Gasteiger partial charge in [0.2, 0.25) is 0 Å². The van der Waals surface area contributed by atoms with Gasteiger partial charge in [-0.05, 0) is 39.2 Å². The van der Waals surface area contributed by atoms with Crippen LogP contribution in [0.15, 0.2) is 12.3 Å². The van der Waals surface area contributed by atoms with Crippen LogP contribution in [0.4, 0.5) is 5.69 Å². The largest absolute Gasteiger partial charge is 0.390 e. The van der Waals surface area contributed by atoms with Crippen molar-refractivity contribution in [1.82, 2.24) is 9.88 Å². The number of aromatic nitrogens is 1. The van der Waals surface area contributed by atoms with E-state index in [1.165, 1.54) is 0 Å². The van der Waals surface area contributed by atoms with Gasteiger partial charge in [-0.25, -0.2) is 0 Å². The zero-order valence-corrected chi connectivity index (χ0v) is 12.4. The second-order valence-corrected chi connectivity index (χ2v) is 5.76. The van der Waals surface area contributed by atoms with Gasteiger partial charge in [0.05, 0.1) is 16.9 Å². The van der Waals surface area contributed by atoms with Crippen molar-refractivity contribution >= 4 is 11.6 Å². The number of rotatable bonds is 2. The number of pyridine rings is 1. The molecule has 1 fully saturated rings. The van der Waals surface area contributed by atoms with E-state index in [9.17, 15) is 9.90 Å². The van der Waals surface area contributed by atoms with Crippen LogP contribution in [-0.2, 0) is 0 Å². The number of aryl methyl sites for hydroxylation is 1. The van der Waals surface area contributed by atoms with Crippen molar-refractivity contribution in [3.05, 3.63) is 23.5 Å². The van der Waals surface area contributed by atoms with Gasteiger partial charge in [-0.2, -0.15) is 0 Å². The molecule has 0 aliphatic carbocycles. The normalized spacial score (nSPS) is 23.3. The van der Waals surface area contributed by atoms with Gasteiger partial charge in [0, 0.05) is 32.0 Å². The molecule has 1 saturated heterocycles. The van der Waals surface area contributed by atoms with Gasteiger partial charge >= 0.3 is 0 Å². The number of nitrogens with one attached hydrogen (secondary N) is 1. The van der Waals surface area contributed by atoms with Gasteiger partial charge < -0.3 is 15.3 Å². The first-order chi connectivity index (χ1) is 9.43. The van der Waals surface area contributed by atoms with Gasteiger partial charge in [-0.15, -0.1) is 0 Å². The minimum Gasteiger partial charge on any atom is -0.390 e. The van der Waals surface area contributed by atoms with Crippen LogP contribution in [0.25, 0.3) is 0 Å². The molecule has 1 amide bonds. The third-order valence-corrected chi connectivity index (χ3v) is 3.89. The Morgan fingerprint density at radius 1 is 1.45 bits per heavy atom. The van der Waals surface area contributed by atoms with E-state index < -0.39 is 5.60 Å². The molecule has 0 spiro atoms. The molecule has 20 heavy (non-hydrogen) atoms. The molecule has 1 aliphatic heterocycles. The van der Waals surface area contributed by atoms with Crippen LogP contribution in [0.5, 0.6) is 0 Å². The van der Waals surface area contributed by atoms with Crippen LogP contribution in [0.1, 0.15) is 42.2 Å². The zero-order valence-electron chi connectivity index (χ0n) is 12.4. The standard InChI is InChI=1S/C15H23N3O2/c1-11-9-13(16-3)12(10-17-11)14(19)18-7-4-5-15(2,20)6-8-18/h9-10,20H,4-8H2,1-3H3,(H,16,17). The minimum atomic E-state index is -0.660. The van der Waals surface area contributed by atoms with Gasteiger partial charge in [-0.3, -0.25) is 9.78 Å². The van der Waals surface area contributed by atoms with Gasteiger partial charge in [0.1, 0.15) is 0 Å². The number of amides is 1. The molecule has 2 heterocycles. The molecule has 1 aromatic rings. The van der Waals surface area contributed by atoms with Gasteiger partial charge in [-0.1, -0.05) is 0 Å². The van der Waals surface area contributed by atoms with Crippen molar-refractivity contribution < 1.29 is 9.90 Å². The molecular formula is C15H23N3O2. The van der Waals surface area contributed by atoms with E-state index in [-0.39, 0.29) is 5.91 Å². The highest BCUT2D eigenvalue weighted by Gasteiger charge is 2.28. The fourth-order valence-corrected chi connectivity index (χ4v) is 2.57. The monoisotopic (exact) mass is 277 g/mol. The first-order valence-electron chi connectivity index (χ1n) is 7.09. The van der Waals surface area contributed by atoms with Crippen LogP contribution in [0.3, 0.4) is 0 Å². The number of anilines is 1. The van der Waals surface area contributed by atoms with Crippen LogP contribution < -0.4 is 5.32 Å². The summed E-state index contributed by atoms with van der Waals surface area (Å²) < 4.78 is 0. The Morgan fingerprint density at radius 3 is 2.90 bits per heavy atom. The summed E-state index contributed by atoms with van der Waals surface area (Å²) >= 11 is 0. The average molecular weight is 277 g/mol. The third kappa shape index (κ3) is 3.28. The lowest BCUT2D eigenvalue weighted by Crippen LogP contribution is -2.34. The number of nitrogens with zero attached hydrogens (tertiary/aromatic N) is 2. The lowest BCUT2D eigenvalue weighted by Gasteiger charge is -2.23. The molecule has 110 valence electrons. The van der Waals surface area contributed by atoms with Crippen molar-refractivity contribution in [2.45, 2.75) is 38.7 Å². The lowest BCUT2D eigenvalue weighted by atomic mass is 9.98. The predicted molar refractivity (Wildman–Crippen MR) is 78.9 cm³/mol. The number of likely N-dealkylation sites (tertiary alicyclic amines) is 1. The summed E-state index contributed by atoms with van der Waals surface area (Å²) in [4.78, 5) is 18.7. The first kappa shape index (κ1) is 14.8. The molecule has 5 nitrogen and oxygen atoms in total. The number of carbonyl (C=O) groups excluding carboxylic acids is 1. The van der Waals surface area contributed by atoms with Crippen molar-refractivity contribution in [3.8, 4) is 0 Å². The average Bonchev–Trinajstić information content (AvgIpc) is 2.59. The molecule has 1 aliphatic rings. The maximum Gasteiger partial charge on any atom is 0.257 e. The quantitative estimate of drug-likeness (QED) is 0.865. The van der Waals surface area contributed by atoms with Crippen LogP contribution in [0.2, 0.25) is 0 Å². The second kappa shape index (κ2) is 5.79. The molecular weight excluding hydrogens is 254 g/mol. The van der Waals surface area contributed by atoms with Gasteiger partial charge in [0.25, 0.3) is 5.91 Å². The van der Waals surface area contributed by atoms with Crippen LogP contribution >= 0.6 is 0 Å². The molecule has 0 saturated carbocycles. The molecule has 1 unspecified atom stereocenters. The van der Waals surface area contributed by atoms with E-state index in [1.54, 1.807) is 13.2 Å². The maximum absolute atomic E-state index is 12.6. The van der Waals surface area contributed by atoms with E-state index >= 15 is 0 Å². The summed E-state index contributed by atoms with van der Waals surface area (Å²) in [6, 6.07) is 1.88. The SMILES string of the molecule is CNc1cc(C)ncc1C(=O)N1CCCC(C)(O)CC1. The highest BCUT2D eigenvalue weighted by atomic mass is 16.3. The molecule has 2 rings (SSSR count).